The summed E-state index contributed by atoms with van der Waals surface area (Å²) in [6.07, 6.45) is 1.20. The molecule has 1 aromatic carbocycles. The van der Waals surface area contributed by atoms with E-state index in [1.807, 2.05) is 37.3 Å². The van der Waals surface area contributed by atoms with Crippen molar-refractivity contribution < 1.29 is 9.53 Å². The Bertz CT molecular complexity index is 400. The van der Waals surface area contributed by atoms with Gasteiger partial charge in [-0.1, -0.05) is 18.2 Å². The molecule has 1 saturated carbocycles. The van der Waals surface area contributed by atoms with Gasteiger partial charge in [0, 0.05) is 12.2 Å². The van der Waals surface area contributed by atoms with E-state index in [2.05, 4.69) is 10.1 Å². The van der Waals surface area contributed by atoms with Crippen LogP contribution in [0.5, 0.6) is 0 Å². The number of nitrogens with zero attached hydrogens (tertiary/aromatic N) is 1. The van der Waals surface area contributed by atoms with E-state index in [0.29, 0.717) is 6.54 Å². The molecule has 1 saturated heterocycles. The van der Waals surface area contributed by atoms with Gasteiger partial charge in [-0.3, -0.25) is 4.90 Å². The van der Waals surface area contributed by atoms with E-state index in [0.717, 1.165) is 17.5 Å². The second kappa shape index (κ2) is 6.57. The van der Waals surface area contributed by atoms with Crippen molar-refractivity contribution in [1.82, 2.24) is 5.32 Å². The standard InChI is InChI=1S/C10H13NO2.C5H9N/c1-3-11(10(12)13-2)9-7-5-4-6-8-9;1-4-2-6-3-5(1)4/h4-8H,3H2,1-2H3;4-6H,1-3H2. The molecule has 4 heteroatoms. The van der Waals surface area contributed by atoms with Crippen LogP contribution >= 0.6 is 0 Å². The molecule has 0 spiro atoms. The van der Waals surface area contributed by atoms with E-state index >= 15 is 0 Å². The number of rotatable bonds is 2. The average Bonchev–Trinajstić information content (AvgIpc) is 3.07. The summed E-state index contributed by atoms with van der Waals surface area (Å²) in [5, 5.41) is 3.32. The van der Waals surface area contributed by atoms with Crippen LogP contribution in [-0.2, 0) is 4.74 Å². The van der Waals surface area contributed by atoms with Crippen molar-refractivity contribution in [3.05, 3.63) is 30.3 Å². The van der Waals surface area contributed by atoms with Crippen LogP contribution in [0, 0.1) is 11.8 Å². The molecule has 1 N–H and O–H groups in total. The van der Waals surface area contributed by atoms with Gasteiger partial charge >= 0.3 is 6.09 Å². The molecule has 2 unspecified atom stereocenters. The van der Waals surface area contributed by atoms with Crippen LogP contribution in [0.25, 0.3) is 0 Å². The first-order chi connectivity index (χ1) is 9.26. The quantitative estimate of drug-likeness (QED) is 0.890. The van der Waals surface area contributed by atoms with Crippen molar-refractivity contribution in [3.8, 4) is 0 Å². The van der Waals surface area contributed by atoms with Gasteiger partial charge < -0.3 is 10.1 Å². The summed E-state index contributed by atoms with van der Waals surface area (Å²) >= 11 is 0. The molecule has 1 aromatic rings. The van der Waals surface area contributed by atoms with Gasteiger partial charge in [-0.15, -0.1) is 0 Å². The van der Waals surface area contributed by atoms with Crippen molar-refractivity contribution in [2.24, 2.45) is 11.8 Å². The summed E-state index contributed by atoms with van der Waals surface area (Å²) in [5.41, 5.74) is 0.858. The summed E-state index contributed by atoms with van der Waals surface area (Å²) in [5.74, 6) is 2.20. The first-order valence-electron chi connectivity index (χ1n) is 6.87. The molecule has 1 aliphatic heterocycles. The van der Waals surface area contributed by atoms with E-state index in [9.17, 15) is 4.79 Å². The number of nitrogens with one attached hydrogen (secondary N) is 1. The molecule has 0 bridgehead atoms. The summed E-state index contributed by atoms with van der Waals surface area (Å²) in [6, 6.07) is 9.44. The number of anilines is 1. The highest BCUT2D eigenvalue weighted by molar-refractivity contribution is 5.87. The minimum Gasteiger partial charge on any atom is -0.452 e. The maximum Gasteiger partial charge on any atom is 0.413 e. The number of hydrogen-bond donors (Lipinski definition) is 1. The van der Waals surface area contributed by atoms with Crippen LogP contribution in [0.4, 0.5) is 10.5 Å². The molecule has 3 rings (SSSR count). The Morgan fingerprint density at radius 2 is 1.95 bits per heavy atom. The molecule has 2 fully saturated rings. The van der Waals surface area contributed by atoms with Gasteiger partial charge in [-0.05, 0) is 50.4 Å². The highest BCUT2D eigenvalue weighted by atomic mass is 16.5. The average molecular weight is 262 g/mol. The Kier molecular flexibility index (Phi) is 4.80. The molecular formula is C15H22N2O2. The number of piperidine rings is 1. The van der Waals surface area contributed by atoms with Gasteiger partial charge in [0.1, 0.15) is 0 Å². The largest absolute Gasteiger partial charge is 0.452 e. The summed E-state index contributed by atoms with van der Waals surface area (Å²) in [7, 11) is 1.38. The van der Waals surface area contributed by atoms with E-state index < -0.39 is 0 Å². The smallest absolute Gasteiger partial charge is 0.413 e. The lowest BCUT2D eigenvalue weighted by Gasteiger charge is -2.18. The monoisotopic (exact) mass is 262 g/mol. The van der Waals surface area contributed by atoms with Crippen LogP contribution in [0.15, 0.2) is 30.3 Å². The molecule has 2 atom stereocenters. The van der Waals surface area contributed by atoms with Gasteiger partial charge in [-0.2, -0.15) is 0 Å². The number of amides is 1. The number of para-hydroxylation sites is 1. The zero-order valence-electron chi connectivity index (χ0n) is 11.6. The fraction of sp³-hybridized carbons (Fsp3) is 0.533. The van der Waals surface area contributed by atoms with Crippen LogP contribution in [0.1, 0.15) is 13.3 Å². The lowest BCUT2D eigenvalue weighted by molar-refractivity contribution is 0.179. The third kappa shape index (κ3) is 3.70. The molecule has 1 amide bonds. The number of methoxy groups -OCH3 is 1. The molecule has 1 aliphatic carbocycles. The van der Waals surface area contributed by atoms with Crippen LogP contribution in [0.3, 0.4) is 0 Å². The molecule has 0 aromatic heterocycles. The van der Waals surface area contributed by atoms with E-state index in [1.165, 1.54) is 26.6 Å². The van der Waals surface area contributed by atoms with E-state index in [1.54, 1.807) is 4.90 Å². The first kappa shape index (κ1) is 13.9. The minimum absolute atomic E-state index is 0.325. The Labute approximate surface area is 114 Å². The second-order valence-corrected chi connectivity index (χ2v) is 4.96. The maximum atomic E-state index is 11.2. The molecular weight excluding hydrogens is 240 g/mol. The van der Waals surface area contributed by atoms with Gasteiger partial charge in [0.25, 0.3) is 0 Å². The molecule has 2 aliphatic rings. The lowest BCUT2D eigenvalue weighted by atomic mass is 10.3. The topological polar surface area (TPSA) is 41.6 Å². The third-order valence-electron chi connectivity index (χ3n) is 3.66. The minimum atomic E-state index is -0.325. The van der Waals surface area contributed by atoms with E-state index in [-0.39, 0.29) is 6.09 Å². The first-order valence-corrected chi connectivity index (χ1v) is 6.87. The summed E-state index contributed by atoms with van der Waals surface area (Å²) in [6.45, 7) is 5.13. The zero-order valence-corrected chi connectivity index (χ0v) is 11.6. The van der Waals surface area contributed by atoms with Gasteiger partial charge in [0.05, 0.1) is 7.11 Å². The Hall–Kier alpha value is -1.55. The number of benzene rings is 1. The van der Waals surface area contributed by atoms with Gasteiger partial charge in [0.15, 0.2) is 0 Å². The van der Waals surface area contributed by atoms with E-state index in [4.69, 9.17) is 0 Å². The van der Waals surface area contributed by atoms with Crippen LogP contribution < -0.4 is 10.2 Å². The maximum absolute atomic E-state index is 11.2. The van der Waals surface area contributed by atoms with Gasteiger partial charge in [-0.25, -0.2) is 4.79 Å². The number of carbonyl (C=O) groups excluding carboxylic acids is 1. The zero-order chi connectivity index (χ0) is 13.7. The third-order valence-corrected chi connectivity index (χ3v) is 3.66. The van der Waals surface area contributed by atoms with Crippen molar-refractivity contribution in [3.63, 3.8) is 0 Å². The normalized spacial score (nSPS) is 22.8. The van der Waals surface area contributed by atoms with Crippen molar-refractivity contribution in [2.45, 2.75) is 13.3 Å². The van der Waals surface area contributed by atoms with Gasteiger partial charge in [0.2, 0.25) is 0 Å². The highest BCUT2D eigenvalue weighted by Crippen LogP contribution is 2.40. The second-order valence-electron chi connectivity index (χ2n) is 4.96. The predicted molar refractivity (Wildman–Crippen MR) is 76.3 cm³/mol. The summed E-state index contributed by atoms with van der Waals surface area (Å²) < 4.78 is 4.64. The van der Waals surface area contributed by atoms with Crippen molar-refractivity contribution >= 4 is 11.8 Å². The Morgan fingerprint density at radius 3 is 2.32 bits per heavy atom. The van der Waals surface area contributed by atoms with Crippen molar-refractivity contribution in [2.75, 3.05) is 31.6 Å². The summed E-state index contributed by atoms with van der Waals surface area (Å²) in [4.78, 5) is 12.8. The molecule has 1 heterocycles. The van der Waals surface area contributed by atoms with Crippen molar-refractivity contribution in [1.29, 1.82) is 0 Å². The number of ether oxygens (including phenoxy) is 1. The predicted octanol–water partition coefficient (Wildman–Crippen LogP) is 2.51. The fourth-order valence-electron chi connectivity index (χ4n) is 2.40. The molecule has 4 nitrogen and oxygen atoms in total. The Balaban J connectivity index is 0.000000180. The highest BCUT2D eigenvalue weighted by Gasteiger charge is 2.40. The SMILES string of the molecule is C1NCC2CC12.CCN(C(=O)OC)c1ccccc1. The lowest BCUT2D eigenvalue weighted by Crippen LogP contribution is -2.30. The Morgan fingerprint density at radius 1 is 1.32 bits per heavy atom. The van der Waals surface area contributed by atoms with Crippen LogP contribution in [0.2, 0.25) is 0 Å². The number of hydrogen-bond acceptors (Lipinski definition) is 3. The number of fused-ring (bicyclic) bond motifs is 1. The fourth-order valence-corrected chi connectivity index (χ4v) is 2.40. The van der Waals surface area contributed by atoms with Crippen LogP contribution in [-0.4, -0.2) is 32.8 Å². The number of carbonyl (C=O) groups is 1. The molecule has 19 heavy (non-hydrogen) atoms. The molecule has 0 radical (unpaired) electrons. The molecule has 104 valence electrons.